The lowest BCUT2D eigenvalue weighted by Crippen LogP contribution is -2.47. The zero-order valence-electron chi connectivity index (χ0n) is 17.6. The molecule has 6 nitrogen and oxygen atoms in total. The number of halogens is 2. The number of benzene rings is 2. The molecule has 2 aromatic heterocycles. The number of hydrogen-bond acceptors (Lipinski definition) is 6. The summed E-state index contributed by atoms with van der Waals surface area (Å²) in [6.07, 6.45) is 0.664. The van der Waals surface area contributed by atoms with E-state index in [1.54, 1.807) is 6.07 Å². The highest BCUT2D eigenvalue weighted by molar-refractivity contribution is 7.17. The molecule has 1 N–H and O–H groups in total. The molecule has 32 heavy (non-hydrogen) atoms. The molecule has 1 aliphatic rings. The Kier molecular flexibility index (Phi) is 5.52. The Hall–Kier alpha value is -3.04. The molecule has 0 amide bonds. The zero-order chi connectivity index (χ0) is 22.2. The zero-order valence-corrected chi connectivity index (χ0v) is 18.4. The summed E-state index contributed by atoms with van der Waals surface area (Å²) in [7, 11) is 0. The maximum absolute atomic E-state index is 14.2. The number of aromatic nitrogens is 3. The maximum Gasteiger partial charge on any atom is 0.230 e. The van der Waals surface area contributed by atoms with Gasteiger partial charge in [-0.3, -0.25) is 4.90 Å². The Labute approximate surface area is 188 Å². The summed E-state index contributed by atoms with van der Waals surface area (Å²) in [5, 5.41) is 15.3. The van der Waals surface area contributed by atoms with Crippen molar-refractivity contribution >= 4 is 22.0 Å². The Morgan fingerprint density at radius 3 is 2.44 bits per heavy atom. The van der Waals surface area contributed by atoms with Crippen molar-refractivity contribution in [3.63, 3.8) is 0 Å². The predicted molar refractivity (Wildman–Crippen MR) is 120 cm³/mol. The van der Waals surface area contributed by atoms with Gasteiger partial charge < -0.3 is 10.0 Å². The van der Waals surface area contributed by atoms with Gasteiger partial charge in [-0.1, -0.05) is 42.5 Å². The van der Waals surface area contributed by atoms with E-state index < -0.39 is 17.7 Å². The minimum Gasteiger partial charge on any atom is -0.492 e. The number of para-hydroxylation sites is 1. The molecule has 9 heteroatoms. The van der Waals surface area contributed by atoms with Gasteiger partial charge in [-0.25, -0.2) is 13.8 Å². The van der Waals surface area contributed by atoms with Crippen molar-refractivity contribution < 1.29 is 13.9 Å². The smallest absolute Gasteiger partial charge is 0.230 e. The molecule has 3 heterocycles. The lowest BCUT2D eigenvalue weighted by atomic mass is 10.0. The van der Waals surface area contributed by atoms with E-state index in [1.807, 2.05) is 25.1 Å². The number of piperazine rings is 1. The van der Waals surface area contributed by atoms with Crippen LogP contribution in [0.1, 0.15) is 29.2 Å². The highest BCUT2D eigenvalue weighted by atomic mass is 32.1. The third kappa shape index (κ3) is 3.71. The molecule has 1 unspecified atom stereocenters. The Morgan fingerprint density at radius 1 is 1.03 bits per heavy atom. The molecule has 166 valence electrons. The van der Waals surface area contributed by atoms with Crippen LogP contribution < -0.4 is 4.90 Å². The van der Waals surface area contributed by atoms with Gasteiger partial charge in [0.15, 0.2) is 17.5 Å². The van der Waals surface area contributed by atoms with Crippen LogP contribution in [0.2, 0.25) is 0 Å². The fourth-order valence-electron chi connectivity index (χ4n) is 4.21. The van der Waals surface area contributed by atoms with Crippen LogP contribution in [-0.2, 0) is 6.42 Å². The second-order valence-corrected chi connectivity index (χ2v) is 8.81. The molecule has 1 atom stereocenters. The molecule has 5 rings (SSSR count). The number of anilines is 1. The van der Waals surface area contributed by atoms with Crippen LogP contribution >= 0.6 is 11.3 Å². The summed E-state index contributed by atoms with van der Waals surface area (Å²) in [6, 6.07) is 13.7. The summed E-state index contributed by atoms with van der Waals surface area (Å²) in [5.41, 5.74) is 1.75. The van der Waals surface area contributed by atoms with Crippen molar-refractivity contribution in [1.82, 2.24) is 19.5 Å². The summed E-state index contributed by atoms with van der Waals surface area (Å²) >= 11 is 1.33. The number of hydrogen-bond donors (Lipinski definition) is 1. The van der Waals surface area contributed by atoms with Gasteiger partial charge in [-0.05, 0) is 29.8 Å². The summed E-state index contributed by atoms with van der Waals surface area (Å²) in [4.78, 5) is 10.2. The van der Waals surface area contributed by atoms with Crippen molar-refractivity contribution in [2.75, 3.05) is 31.1 Å². The number of aromatic hydroxyl groups is 1. The van der Waals surface area contributed by atoms with Crippen LogP contribution in [0.25, 0.3) is 4.96 Å². The predicted octanol–water partition coefficient (Wildman–Crippen LogP) is 4.25. The van der Waals surface area contributed by atoms with Crippen molar-refractivity contribution in [2.24, 2.45) is 0 Å². The van der Waals surface area contributed by atoms with Crippen molar-refractivity contribution in [2.45, 2.75) is 19.4 Å². The van der Waals surface area contributed by atoms with Gasteiger partial charge in [-0.15, -0.1) is 5.10 Å². The first-order chi connectivity index (χ1) is 15.5. The van der Waals surface area contributed by atoms with Gasteiger partial charge >= 0.3 is 0 Å². The van der Waals surface area contributed by atoms with Crippen LogP contribution in [0.3, 0.4) is 0 Å². The van der Waals surface area contributed by atoms with Gasteiger partial charge in [0, 0.05) is 38.3 Å². The van der Waals surface area contributed by atoms with Gasteiger partial charge in [0.05, 0.1) is 10.9 Å². The van der Waals surface area contributed by atoms with Gasteiger partial charge in [0.2, 0.25) is 10.8 Å². The van der Waals surface area contributed by atoms with Crippen LogP contribution in [0.4, 0.5) is 14.5 Å². The number of rotatable bonds is 5. The molecular weight excluding hydrogens is 432 g/mol. The summed E-state index contributed by atoms with van der Waals surface area (Å²) in [6.45, 7) is 4.92. The molecule has 0 saturated carbocycles. The molecule has 2 aromatic carbocycles. The fraction of sp³-hybridized carbons (Fsp3) is 0.304. The van der Waals surface area contributed by atoms with Crippen molar-refractivity contribution in [1.29, 1.82) is 0 Å². The minimum atomic E-state index is -0.900. The van der Waals surface area contributed by atoms with E-state index in [0.29, 0.717) is 40.7 Å². The summed E-state index contributed by atoms with van der Waals surface area (Å²) < 4.78 is 29.3. The highest BCUT2D eigenvalue weighted by Crippen LogP contribution is 2.40. The molecule has 1 aliphatic heterocycles. The van der Waals surface area contributed by atoms with E-state index in [1.165, 1.54) is 21.9 Å². The van der Waals surface area contributed by atoms with E-state index in [-0.39, 0.29) is 5.88 Å². The largest absolute Gasteiger partial charge is 0.492 e. The van der Waals surface area contributed by atoms with Crippen LogP contribution in [0, 0.1) is 11.6 Å². The van der Waals surface area contributed by atoms with Gasteiger partial charge in [0.25, 0.3) is 0 Å². The number of aryl methyl sites for hydroxylation is 1. The number of fused-ring (bicyclic) bond motifs is 1. The van der Waals surface area contributed by atoms with E-state index in [0.717, 1.165) is 24.8 Å². The Bertz CT molecular complexity index is 1230. The molecule has 0 spiro atoms. The first-order valence-corrected chi connectivity index (χ1v) is 11.4. The van der Waals surface area contributed by atoms with E-state index in [4.69, 9.17) is 0 Å². The standard InChI is InChI=1S/C23H23F2N5OS/c1-2-19-26-23-30(27-19)22(31)21(32-23)20(15-8-9-17(24)18(25)14-15)29-12-10-28(11-13-29)16-6-4-3-5-7-16/h3-9,14,20,31H,2,10-13H2,1H3. The molecule has 1 saturated heterocycles. The average molecular weight is 456 g/mol. The lowest BCUT2D eigenvalue weighted by Gasteiger charge is -2.40. The average Bonchev–Trinajstić information content (AvgIpc) is 3.36. The lowest BCUT2D eigenvalue weighted by molar-refractivity contribution is 0.210. The van der Waals surface area contributed by atoms with Gasteiger partial charge in [0.1, 0.15) is 0 Å². The van der Waals surface area contributed by atoms with Crippen LogP contribution in [0.15, 0.2) is 48.5 Å². The number of thiazole rings is 1. The molecule has 0 bridgehead atoms. The third-order valence-corrected chi connectivity index (χ3v) is 6.94. The fourth-order valence-corrected chi connectivity index (χ4v) is 5.34. The monoisotopic (exact) mass is 455 g/mol. The molecule has 0 aliphatic carbocycles. The molecule has 4 aromatic rings. The topological polar surface area (TPSA) is 56.9 Å². The first-order valence-electron chi connectivity index (χ1n) is 10.6. The molecule has 1 fully saturated rings. The summed E-state index contributed by atoms with van der Waals surface area (Å²) in [5.74, 6) is -1.14. The first kappa shape index (κ1) is 20.8. The third-order valence-electron chi connectivity index (χ3n) is 5.87. The maximum atomic E-state index is 14.2. The highest BCUT2D eigenvalue weighted by Gasteiger charge is 2.32. The van der Waals surface area contributed by atoms with Crippen LogP contribution in [-0.4, -0.2) is 50.8 Å². The molecular formula is C23H23F2N5OS. The van der Waals surface area contributed by atoms with Crippen molar-refractivity contribution in [3.8, 4) is 5.88 Å². The van der Waals surface area contributed by atoms with Crippen molar-refractivity contribution in [3.05, 3.63) is 76.4 Å². The molecule has 0 radical (unpaired) electrons. The Morgan fingerprint density at radius 2 is 1.78 bits per heavy atom. The van der Waals surface area contributed by atoms with Gasteiger partial charge in [-0.2, -0.15) is 4.52 Å². The SMILES string of the molecule is CCc1nc2sc(C(c3ccc(F)c(F)c3)N3CCN(c4ccccc4)CC3)c(O)n2n1. The van der Waals surface area contributed by atoms with E-state index in [2.05, 4.69) is 32.0 Å². The minimum absolute atomic E-state index is 0.00239. The second kappa shape index (κ2) is 8.48. The number of nitrogens with zero attached hydrogens (tertiary/aromatic N) is 5. The quantitative estimate of drug-likeness (QED) is 0.488. The van der Waals surface area contributed by atoms with E-state index in [9.17, 15) is 13.9 Å². The Balaban J connectivity index is 1.50. The van der Waals surface area contributed by atoms with Crippen LogP contribution in [0.5, 0.6) is 5.88 Å². The second-order valence-electron chi connectivity index (χ2n) is 7.80. The van der Waals surface area contributed by atoms with E-state index >= 15 is 0 Å². The normalized spacial score (nSPS) is 16.0.